The molecule has 0 spiro atoms. The van der Waals surface area contributed by atoms with Gasteiger partial charge >= 0.3 is 0 Å². The Balaban J connectivity index is 1.10. The second-order valence-corrected chi connectivity index (χ2v) is 11.8. The molecule has 2 amide bonds. The van der Waals surface area contributed by atoms with E-state index >= 15 is 0 Å². The summed E-state index contributed by atoms with van der Waals surface area (Å²) in [5.41, 5.74) is 4.88. The molecule has 1 unspecified atom stereocenters. The number of amides is 2. The summed E-state index contributed by atoms with van der Waals surface area (Å²) in [6.07, 6.45) is 9.54. The molecule has 9 heteroatoms. The van der Waals surface area contributed by atoms with Crippen LogP contribution in [0.2, 0.25) is 5.02 Å². The number of rotatable bonds is 5. The highest BCUT2D eigenvalue weighted by Gasteiger charge is 2.34. The first kappa shape index (κ1) is 26.6. The molecule has 42 heavy (non-hydrogen) atoms. The van der Waals surface area contributed by atoms with Crippen molar-refractivity contribution in [2.24, 2.45) is 5.92 Å². The van der Waals surface area contributed by atoms with Gasteiger partial charge in [-0.1, -0.05) is 35.9 Å². The molecule has 1 fully saturated rings. The maximum absolute atomic E-state index is 14.0. The van der Waals surface area contributed by atoms with Gasteiger partial charge in [0.2, 0.25) is 11.8 Å². The van der Waals surface area contributed by atoms with Crippen LogP contribution in [0.5, 0.6) is 0 Å². The molecule has 7 rings (SSSR count). The van der Waals surface area contributed by atoms with Gasteiger partial charge in [-0.25, -0.2) is 0 Å². The minimum absolute atomic E-state index is 0.0145. The fourth-order valence-corrected chi connectivity index (χ4v) is 6.80. The van der Waals surface area contributed by atoms with E-state index in [1.165, 1.54) is 5.39 Å². The predicted molar refractivity (Wildman–Crippen MR) is 162 cm³/mol. The molecule has 0 radical (unpaired) electrons. The molecular formula is C33H31ClN6O2. The molecule has 1 saturated heterocycles. The number of benzene rings is 2. The highest BCUT2D eigenvalue weighted by molar-refractivity contribution is 6.35. The third-order valence-corrected chi connectivity index (χ3v) is 9.13. The first-order valence-electron chi connectivity index (χ1n) is 14.5. The number of H-pyrrole nitrogens is 1. The number of carbonyl (C=O) groups excluding carboxylic acids is 2. The van der Waals surface area contributed by atoms with Crippen molar-refractivity contribution in [3.8, 4) is 0 Å². The van der Waals surface area contributed by atoms with Crippen molar-refractivity contribution < 1.29 is 9.59 Å². The molecule has 3 aromatic heterocycles. The van der Waals surface area contributed by atoms with Gasteiger partial charge in [0.25, 0.3) is 0 Å². The number of nitrogens with zero attached hydrogens (tertiary/aromatic N) is 5. The Labute approximate surface area is 248 Å². The molecule has 1 atom stereocenters. The maximum atomic E-state index is 14.0. The average molecular weight is 579 g/mol. The molecule has 5 heterocycles. The summed E-state index contributed by atoms with van der Waals surface area (Å²) in [7, 11) is 0. The Kier molecular flexibility index (Phi) is 7.07. The molecule has 1 N–H and O–H groups in total. The van der Waals surface area contributed by atoms with Gasteiger partial charge in [-0.15, -0.1) is 0 Å². The average Bonchev–Trinajstić information content (AvgIpc) is 3.49. The number of carbonyl (C=O) groups is 2. The fourth-order valence-electron chi connectivity index (χ4n) is 6.52. The molecule has 5 aromatic rings. The highest BCUT2D eigenvalue weighted by Crippen LogP contribution is 2.35. The Morgan fingerprint density at radius 1 is 1.02 bits per heavy atom. The number of likely N-dealkylation sites (tertiary alicyclic amines) is 1. The summed E-state index contributed by atoms with van der Waals surface area (Å²) in [5, 5.41) is 11.0. The minimum atomic E-state index is -0.471. The number of aromatic amines is 1. The van der Waals surface area contributed by atoms with Crippen LogP contribution in [-0.4, -0.2) is 54.9 Å². The largest absolute Gasteiger partial charge is 0.343 e. The van der Waals surface area contributed by atoms with Gasteiger partial charge < -0.3 is 9.80 Å². The van der Waals surface area contributed by atoms with E-state index in [4.69, 9.17) is 16.6 Å². The third-order valence-electron chi connectivity index (χ3n) is 8.83. The maximum Gasteiger partial charge on any atom is 0.227 e. The number of hydrogen-bond donors (Lipinski definition) is 1. The van der Waals surface area contributed by atoms with Crippen molar-refractivity contribution in [1.82, 2.24) is 30.0 Å². The Hall–Kier alpha value is -4.30. The van der Waals surface area contributed by atoms with Crippen LogP contribution in [-0.2, 0) is 29.1 Å². The van der Waals surface area contributed by atoms with Gasteiger partial charge in [0.05, 0.1) is 22.7 Å². The molecule has 2 aliphatic heterocycles. The van der Waals surface area contributed by atoms with Gasteiger partial charge in [0.1, 0.15) is 0 Å². The summed E-state index contributed by atoms with van der Waals surface area (Å²) >= 11 is 6.61. The van der Waals surface area contributed by atoms with E-state index in [9.17, 15) is 9.59 Å². The summed E-state index contributed by atoms with van der Waals surface area (Å²) in [5.74, 6) is -0.137. The van der Waals surface area contributed by atoms with Crippen molar-refractivity contribution in [2.45, 2.75) is 44.7 Å². The van der Waals surface area contributed by atoms with Gasteiger partial charge in [-0.05, 0) is 65.6 Å². The number of piperidine rings is 1. The van der Waals surface area contributed by atoms with E-state index in [1.54, 1.807) is 18.6 Å². The van der Waals surface area contributed by atoms with Crippen LogP contribution in [0.15, 0.2) is 73.3 Å². The monoisotopic (exact) mass is 578 g/mol. The third kappa shape index (κ3) is 5.11. The van der Waals surface area contributed by atoms with Gasteiger partial charge in [0.15, 0.2) is 0 Å². The number of halogens is 1. The van der Waals surface area contributed by atoms with E-state index in [1.807, 2.05) is 46.3 Å². The van der Waals surface area contributed by atoms with E-state index < -0.39 is 5.92 Å². The SMILES string of the molecule is O=C(CC1Cc2cc(Cl)c3[nH]ncc3c2CN(Cc2ccncc2)C1=O)N1CCC(c2cc3ccccc3cn2)CC1. The number of pyridine rings is 2. The second-order valence-electron chi connectivity index (χ2n) is 11.4. The standard InChI is InChI=1S/C33H31ClN6O2/c34-29-14-25-13-26(33(42)40(19-21-5-9-35-10-6-21)20-28(25)27-18-37-38-32(27)29)16-31(41)39-11-7-22(8-12-39)30-15-23-3-1-2-4-24(23)17-36-30/h1-6,9-10,14-15,17-18,22,26H,7-8,11-13,16,19-20H2,(H,37,38). The number of fused-ring (bicyclic) bond motifs is 4. The van der Waals surface area contributed by atoms with Crippen molar-refractivity contribution in [3.05, 3.63) is 101 Å². The lowest BCUT2D eigenvalue weighted by Crippen LogP contribution is -2.41. The lowest BCUT2D eigenvalue weighted by Gasteiger charge is -2.33. The fraction of sp³-hybridized carbons (Fsp3) is 0.303. The highest BCUT2D eigenvalue weighted by atomic mass is 35.5. The smallest absolute Gasteiger partial charge is 0.227 e. The van der Waals surface area contributed by atoms with Crippen LogP contribution in [0.3, 0.4) is 0 Å². The topological polar surface area (TPSA) is 95.1 Å². The van der Waals surface area contributed by atoms with Crippen molar-refractivity contribution in [2.75, 3.05) is 13.1 Å². The lowest BCUT2D eigenvalue weighted by molar-refractivity contribution is -0.142. The Morgan fingerprint density at radius 2 is 1.81 bits per heavy atom. The molecule has 0 bridgehead atoms. The van der Waals surface area contributed by atoms with Crippen LogP contribution >= 0.6 is 11.6 Å². The quantitative estimate of drug-likeness (QED) is 0.290. The number of aromatic nitrogens is 4. The molecule has 2 aromatic carbocycles. The zero-order chi connectivity index (χ0) is 28.6. The lowest BCUT2D eigenvalue weighted by atomic mass is 9.90. The van der Waals surface area contributed by atoms with Gasteiger partial charge in [-0.2, -0.15) is 5.10 Å². The Morgan fingerprint density at radius 3 is 2.62 bits per heavy atom. The second kappa shape index (κ2) is 11.2. The van der Waals surface area contributed by atoms with E-state index in [-0.39, 0.29) is 18.2 Å². The molecule has 0 saturated carbocycles. The Bertz CT molecular complexity index is 1780. The minimum Gasteiger partial charge on any atom is -0.343 e. The molecule has 2 aliphatic rings. The van der Waals surface area contributed by atoms with Crippen molar-refractivity contribution >= 4 is 45.1 Å². The van der Waals surface area contributed by atoms with E-state index in [0.717, 1.165) is 51.5 Å². The first-order valence-corrected chi connectivity index (χ1v) is 14.8. The molecule has 212 valence electrons. The summed E-state index contributed by atoms with van der Waals surface area (Å²) in [6, 6.07) is 16.2. The van der Waals surface area contributed by atoms with Crippen molar-refractivity contribution in [3.63, 3.8) is 0 Å². The van der Waals surface area contributed by atoms with Crippen LogP contribution < -0.4 is 0 Å². The van der Waals surface area contributed by atoms with Crippen molar-refractivity contribution in [1.29, 1.82) is 0 Å². The molecule has 0 aliphatic carbocycles. The normalized spacial score (nSPS) is 17.9. The van der Waals surface area contributed by atoms with Crippen LogP contribution in [0, 0.1) is 5.92 Å². The molecule has 8 nitrogen and oxygen atoms in total. The van der Waals surface area contributed by atoms with E-state index in [0.29, 0.717) is 43.5 Å². The van der Waals surface area contributed by atoms with E-state index in [2.05, 4.69) is 33.4 Å². The van der Waals surface area contributed by atoms with Gasteiger partial charge in [-0.3, -0.25) is 24.7 Å². The van der Waals surface area contributed by atoms with Gasteiger partial charge in [0, 0.05) is 73.6 Å². The molecular weight excluding hydrogens is 548 g/mol. The van der Waals surface area contributed by atoms with Crippen LogP contribution in [0.1, 0.15) is 47.6 Å². The summed E-state index contributed by atoms with van der Waals surface area (Å²) < 4.78 is 0. The zero-order valence-corrected chi connectivity index (χ0v) is 23.9. The zero-order valence-electron chi connectivity index (χ0n) is 23.2. The summed E-state index contributed by atoms with van der Waals surface area (Å²) in [4.78, 5) is 40.3. The summed E-state index contributed by atoms with van der Waals surface area (Å²) in [6.45, 7) is 2.20. The number of nitrogens with one attached hydrogen (secondary N) is 1. The number of hydrogen-bond acceptors (Lipinski definition) is 5. The van der Waals surface area contributed by atoms with Crippen LogP contribution in [0.4, 0.5) is 0 Å². The van der Waals surface area contributed by atoms with Crippen LogP contribution in [0.25, 0.3) is 21.7 Å². The first-order chi connectivity index (χ1) is 20.5. The predicted octanol–water partition coefficient (Wildman–Crippen LogP) is 5.66.